The number of carbonyl (C=O) groups is 3. The molecule has 0 aliphatic rings. The van der Waals surface area contributed by atoms with Gasteiger partial charge in [0.2, 0.25) is 11.8 Å². The molecule has 1 aromatic rings. The van der Waals surface area contributed by atoms with E-state index in [2.05, 4.69) is 16.2 Å². The molecule has 3 N–H and O–H groups in total. The van der Waals surface area contributed by atoms with Crippen LogP contribution in [0.4, 0.5) is 0 Å². The molecule has 0 spiro atoms. The summed E-state index contributed by atoms with van der Waals surface area (Å²) >= 11 is 4.87. The van der Waals surface area contributed by atoms with Crippen LogP contribution in [-0.2, 0) is 25.5 Å². The maximum Gasteiger partial charge on any atom is 0.306 e. The fourth-order valence-electron chi connectivity index (χ4n) is 1.62. The number of esters is 1. The van der Waals surface area contributed by atoms with Crippen LogP contribution >= 0.6 is 12.2 Å². The standard InChI is InChI=1S/C15H19N3O4S/c1-2-22-14(21)9-8-12(19)16-15(23)18-17-13(20)10-11-6-4-3-5-7-11/h3-7H,2,8-10H2,1H3,(H,17,20)(H2,16,18,19,23). The Morgan fingerprint density at radius 3 is 2.39 bits per heavy atom. The third-order valence-corrected chi connectivity index (χ3v) is 2.84. The molecule has 0 saturated heterocycles. The summed E-state index contributed by atoms with van der Waals surface area (Å²) in [5, 5.41) is 2.31. The second kappa shape index (κ2) is 10.3. The Morgan fingerprint density at radius 1 is 1.04 bits per heavy atom. The van der Waals surface area contributed by atoms with E-state index in [1.807, 2.05) is 30.3 Å². The van der Waals surface area contributed by atoms with E-state index in [4.69, 9.17) is 17.0 Å². The van der Waals surface area contributed by atoms with Gasteiger partial charge in [0.1, 0.15) is 0 Å². The molecule has 0 aliphatic carbocycles. The number of amides is 2. The lowest BCUT2D eigenvalue weighted by atomic mass is 10.1. The van der Waals surface area contributed by atoms with Gasteiger partial charge in [-0.1, -0.05) is 30.3 Å². The van der Waals surface area contributed by atoms with E-state index >= 15 is 0 Å². The average Bonchev–Trinajstić information content (AvgIpc) is 2.52. The molecule has 8 heteroatoms. The number of hydrazine groups is 1. The molecule has 0 heterocycles. The highest BCUT2D eigenvalue weighted by molar-refractivity contribution is 7.80. The minimum atomic E-state index is -0.447. The van der Waals surface area contributed by atoms with Gasteiger partial charge >= 0.3 is 5.97 Å². The van der Waals surface area contributed by atoms with Gasteiger partial charge < -0.3 is 10.1 Å². The zero-order valence-electron chi connectivity index (χ0n) is 12.8. The first-order valence-electron chi connectivity index (χ1n) is 7.09. The summed E-state index contributed by atoms with van der Waals surface area (Å²) < 4.78 is 4.71. The van der Waals surface area contributed by atoms with Crippen LogP contribution in [0.3, 0.4) is 0 Å². The maximum atomic E-state index is 11.7. The summed E-state index contributed by atoms with van der Waals surface area (Å²) in [6.07, 6.45) is 0.120. The first-order chi connectivity index (χ1) is 11.0. The largest absolute Gasteiger partial charge is 0.466 e. The Labute approximate surface area is 139 Å². The maximum absolute atomic E-state index is 11.7. The van der Waals surface area contributed by atoms with Crippen LogP contribution in [-0.4, -0.2) is 29.5 Å². The van der Waals surface area contributed by atoms with Crippen molar-refractivity contribution in [3.63, 3.8) is 0 Å². The zero-order chi connectivity index (χ0) is 17.1. The van der Waals surface area contributed by atoms with Gasteiger partial charge in [-0.3, -0.25) is 25.2 Å². The molecule has 0 unspecified atom stereocenters. The molecular formula is C15H19N3O4S. The van der Waals surface area contributed by atoms with Crippen molar-refractivity contribution >= 4 is 35.1 Å². The van der Waals surface area contributed by atoms with E-state index in [0.29, 0.717) is 0 Å². The Hall–Kier alpha value is -2.48. The third-order valence-electron chi connectivity index (χ3n) is 2.64. The number of nitrogens with one attached hydrogen (secondary N) is 3. The lowest BCUT2D eigenvalue weighted by molar-refractivity contribution is -0.144. The van der Waals surface area contributed by atoms with E-state index in [-0.39, 0.29) is 36.9 Å². The molecule has 7 nitrogen and oxygen atoms in total. The van der Waals surface area contributed by atoms with Crippen molar-refractivity contribution < 1.29 is 19.1 Å². The van der Waals surface area contributed by atoms with Crippen molar-refractivity contribution in [1.82, 2.24) is 16.2 Å². The number of carbonyl (C=O) groups excluding carboxylic acids is 3. The monoisotopic (exact) mass is 337 g/mol. The SMILES string of the molecule is CCOC(=O)CCC(=O)NC(=S)NNC(=O)Cc1ccccc1. The van der Waals surface area contributed by atoms with E-state index in [1.54, 1.807) is 6.92 Å². The van der Waals surface area contributed by atoms with Gasteiger partial charge in [0.15, 0.2) is 5.11 Å². The molecular weight excluding hydrogens is 318 g/mol. The summed E-state index contributed by atoms with van der Waals surface area (Å²) in [6.45, 7) is 1.96. The fourth-order valence-corrected chi connectivity index (χ4v) is 1.79. The molecule has 1 aromatic carbocycles. The second-order valence-electron chi connectivity index (χ2n) is 4.52. The molecule has 124 valence electrons. The Kier molecular flexibility index (Phi) is 8.30. The minimum absolute atomic E-state index is 0.0251. The van der Waals surface area contributed by atoms with Gasteiger partial charge in [-0.05, 0) is 24.7 Å². The third kappa shape index (κ3) is 8.52. The quantitative estimate of drug-likeness (QED) is 0.399. The first kappa shape index (κ1) is 18.6. The normalized spacial score (nSPS) is 9.61. The highest BCUT2D eigenvalue weighted by Gasteiger charge is 2.09. The van der Waals surface area contributed by atoms with Crippen molar-refractivity contribution in [2.24, 2.45) is 0 Å². The molecule has 1 rings (SSSR count). The van der Waals surface area contributed by atoms with Crippen molar-refractivity contribution in [2.75, 3.05) is 6.61 Å². The van der Waals surface area contributed by atoms with E-state index < -0.39 is 11.9 Å². The first-order valence-corrected chi connectivity index (χ1v) is 7.50. The smallest absolute Gasteiger partial charge is 0.306 e. The fraction of sp³-hybridized carbons (Fsp3) is 0.333. The lowest BCUT2D eigenvalue weighted by Crippen LogP contribution is -2.48. The molecule has 0 saturated carbocycles. The van der Waals surface area contributed by atoms with Crippen LogP contribution < -0.4 is 16.2 Å². The number of rotatable bonds is 6. The Balaban J connectivity index is 2.22. The Morgan fingerprint density at radius 2 is 1.74 bits per heavy atom. The Bertz CT molecular complexity index is 563. The topological polar surface area (TPSA) is 96.5 Å². The van der Waals surface area contributed by atoms with Crippen LogP contribution in [0.1, 0.15) is 25.3 Å². The van der Waals surface area contributed by atoms with Gasteiger partial charge in [-0.25, -0.2) is 0 Å². The van der Waals surface area contributed by atoms with Gasteiger partial charge in [0.05, 0.1) is 19.4 Å². The summed E-state index contributed by atoms with van der Waals surface area (Å²) in [6, 6.07) is 9.19. The van der Waals surface area contributed by atoms with Gasteiger partial charge in [-0.15, -0.1) is 0 Å². The van der Waals surface area contributed by atoms with E-state index in [9.17, 15) is 14.4 Å². The molecule has 2 amide bonds. The molecule has 0 atom stereocenters. The van der Waals surface area contributed by atoms with Gasteiger partial charge in [0.25, 0.3) is 0 Å². The van der Waals surface area contributed by atoms with Gasteiger partial charge in [0, 0.05) is 6.42 Å². The zero-order valence-corrected chi connectivity index (χ0v) is 13.6. The number of hydrogen-bond donors (Lipinski definition) is 3. The highest BCUT2D eigenvalue weighted by Crippen LogP contribution is 1.98. The summed E-state index contributed by atoms with van der Waals surface area (Å²) in [4.78, 5) is 34.3. The number of hydrogen-bond acceptors (Lipinski definition) is 5. The molecule has 0 fully saturated rings. The van der Waals surface area contributed by atoms with Crippen LogP contribution in [0.15, 0.2) is 30.3 Å². The van der Waals surface area contributed by atoms with Crippen LogP contribution in [0, 0.1) is 0 Å². The van der Waals surface area contributed by atoms with E-state index in [0.717, 1.165) is 5.56 Å². The predicted molar refractivity (Wildman–Crippen MR) is 88.0 cm³/mol. The van der Waals surface area contributed by atoms with Crippen LogP contribution in [0.2, 0.25) is 0 Å². The molecule has 0 bridgehead atoms. The average molecular weight is 337 g/mol. The van der Waals surface area contributed by atoms with Crippen molar-refractivity contribution in [3.8, 4) is 0 Å². The second-order valence-corrected chi connectivity index (χ2v) is 4.93. The number of thiocarbonyl (C=S) groups is 1. The summed E-state index contributed by atoms with van der Waals surface area (Å²) in [5.41, 5.74) is 5.67. The molecule has 0 aromatic heterocycles. The van der Waals surface area contributed by atoms with Crippen LogP contribution in [0.5, 0.6) is 0 Å². The minimum Gasteiger partial charge on any atom is -0.466 e. The number of benzene rings is 1. The van der Waals surface area contributed by atoms with Crippen molar-refractivity contribution in [3.05, 3.63) is 35.9 Å². The highest BCUT2D eigenvalue weighted by atomic mass is 32.1. The van der Waals surface area contributed by atoms with Gasteiger partial charge in [-0.2, -0.15) is 0 Å². The summed E-state index contributed by atoms with van der Waals surface area (Å²) in [5.74, 6) is -1.18. The van der Waals surface area contributed by atoms with Crippen molar-refractivity contribution in [1.29, 1.82) is 0 Å². The predicted octanol–water partition coefficient (Wildman–Crippen LogP) is 0.594. The summed E-state index contributed by atoms with van der Waals surface area (Å²) in [7, 11) is 0. The van der Waals surface area contributed by atoms with Crippen molar-refractivity contribution in [2.45, 2.75) is 26.2 Å². The van der Waals surface area contributed by atoms with E-state index in [1.165, 1.54) is 0 Å². The molecule has 0 aliphatic heterocycles. The molecule has 23 heavy (non-hydrogen) atoms. The molecule has 0 radical (unpaired) electrons. The number of ether oxygens (including phenoxy) is 1. The van der Waals surface area contributed by atoms with Crippen LogP contribution in [0.25, 0.3) is 0 Å². The lowest BCUT2D eigenvalue weighted by Gasteiger charge is -2.10.